The van der Waals surface area contributed by atoms with E-state index < -0.39 is 0 Å². The number of carbonyl (C=O) groups excluding carboxylic acids is 1. The average Bonchev–Trinajstić information content (AvgIpc) is 2.73. The van der Waals surface area contributed by atoms with Crippen molar-refractivity contribution in [1.82, 2.24) is 9.55 Å². The van der Waals surface area contributed by atoms with Gasteiger partial charge in [0.15, 0.2) is 0 Å². The van der Waals surface area contributed by atoms with Crippen LogP contribution in [0.4, 0.5) is 11.4 Å². The van der Waals surface area contributed by atoms with E-state index in [1.54, 1.807) is 34.9 Å². The van der Waals surface area contributed by atoms with Gasteiger partial charge in [0.1, 0.15) is 5.82 Å². The van der Waals surface area contributed by atoms with Crippen molar-refractivity contribution in [3.63, 3.8) is 0 Å². The smallest absolute Gasteiger partial charge is 0.261 e. The molecule has 0 radical (unpaired) electrons. The molecule has 6 heteroatoms. The summed E-state index contributed by atoms with van der Waals surface area (Å²) >= 11 is 0. The molecule has 1 amide bonds. The predicted molar refractivity (Wildman–Crippen MR) is 115 cm³/mol. The van der Waals surface area contributed by atoms with E-state index in [0.29, 0.717) is 40.2 Å². The van der Waals surface area contributed by atoms with E-state index in [9.17, 15) is 9.59 Å². The van der Waals surface area contributed by atoms with Crippen molar-refractivity contribution in [2.45, 2.75) is 13.5 Å². The topological polar surface area (TPSA) is 90.0 Å². The van der Waals surface area contributed by atoms with Crippen LogP contribution in [-0.4, -0.2) is 15.5 Å². The zero-order valence-electron chi connectivity index (χ0n) is 15.9. The van der Waals surface area contributed by atoms with Gasteiger partial charge < -0.3 is 11.1 Å². The van der Waals surface area contributed by atoms with E-state index in [4.69, 9.17) is 5.73 Å². The molecular formula is C23H20N4O2. The number of nitrogen functional groups attached to an aromatic ring is 1. The van der Waals surface area contributed by atoms with Crippen LogP contribution in [0, 0.1) is 6.92 Å². The minimum atomic E-state index is -0.241. The molecule has 0 unspecified atom stereocenters. The van der Waals surface area contributed by atoms with E-state index in [1.807, 2.05) is 49.4 Å². The van der Waals surface area contributed by atoms with Gasteiger partial charge in [0.25, 0.3) is 11.5 Å². The van der Waals surface area contributed by atoms with Gasteiger partial charge >= 0.3 is 0 Å². The Balaban J connectivity index is 1.56. The molecule has 4 rings (SSSR count). The lowest BCUT2D eigenvalue weighted by molar-refractivity contribution is 0.102. The molecule has 1 aromatic heterocycles. The van der Waals surface area contributed by atoms with Crippen LogP contribution in [0.15, 0.2) is 77.6 Å². The second-order valence-corrected chi connectivity index (χ2v) is 6.81. The second kappa shape index (κ2) is 7.59. The number of benzene rings is 3. The Morgan fingerprint density at radius 1 is 1.00 bits per heavy atom. The molecule has 0 atom stereocenters. The van der Waals surface area contributed by atoms with E-state index in [2.05, 4.69) is 10.3 Å². The van der Waals surface area contributed by atoms with Crippen LogP contribution in [0.25, 0.3) is 10.9 Å². The highest BCUT2D eigenvalue weighted by atomic mass is 16.1. The van der Waals surface area contributed by atoms with E-state index in [-0.39, 0.29) is 11.5 Å². The van der Waals surface area contributed by atoms with Crippen molar-refractivity contribution < 1.29 is 4.79 Å². The van der Waals surface area contributed by atoms with Crippen LogP contribution >= 0.6 is 0 Å². The third kappa shape index (κ3) is 3.73. The molecule has 0 aliphatic carbocycles. The summed E-state index contributed by atoms with van der Waals surface area (Å²) in [6.07, 6.45) is 0. The number of nitrogens with two attached hydrogens (primary N) is 1. The molecule has 0 saturated heterocycles. The third-order valence-corrected chi connectivity index (χ3v) is 4.82. The maximum atomic E-state index is 12.8. The first-order chi connectivity index (χ1) is 14.0. The van der Waals surface area contributed by atoms with Gasteiger partial charge in [-0.25, -0.2) is 4.98 Å². The molecule has 0 aliphatic rings. The number of aromatic nitrogens is 2. The van der Waals surface area contributed by atoms with Crippen molar-refractivity contribution in [3.8, 4) is 0 Å². The van der Waals surface area contributed by atoms with Gasteiger partial charge in [-0.15, -0.1) is 0 Å². The Morgan fingerprint density at radius 2 is 1.69 bits per heavy atom. The largest absolute Gasteiger partial charge is 0.397 e. The highest BCUT2D eigenvalue weighted by molar-refractivity contribution is 6.05. The van der Waals surface area contributed by atoms with Gasteiger partial charge in [0.05, 0.1) is 28.8 Å². The zero-order chi connectivity index (χ0) is 20.4. The molecule has 1 heterocycles. The quantitative estimate of drug-likeness (QED) is 0.526. The molecule has 0 bridgehead atoms. The average molecular weight is 384 g/mol. The minimum Gasteiger partial charge on any atom is -0.397 e. The number of hydrogen-bond donors (Lipinski definition) is 2. The summed E-state index contributed by atoms with van der Waals surface area (Å²) in [5.41, 5.74) is 8.99. The molecule has 0 fully saturated rings. The number of fused-ring (bicyclic) bond motifs is 1. The summed E-state index contributed by atoms with van der Waals surface area (Å²) in [5.74, 6) is 0.408. The summed E-state index contributed by atoms with van der Waals surface area (Å²) < 4.78 is 1.64. The van der Waals surface area contributed by atoms with Crippen molar-refractivity contribution in [1.29, 1.82) is 0 Å². The Morgan fingerprint density at radius 3 is 2.45 bits per heavy atom. The second-order valence-electron chi connectivity index (χ2n) is 6.81. The number of carbonyl (C=O) groups is 1. The highest BCUT2D eigenvalue weighted by Crippen LogP contribution is 2.18. The first-order valence-corrected chi connectivity index (χ1v) is 9.24. The summed E-state index contributed by atoms with van der Waals surface area (Å²) in [6.45, 7) is 2.20. The molecule has 3 N–H and O–H groups in total. The number of nitrogens with zero attached hydrogens (tertiary/aromatic N) is 2. The van der Waals surface area contributed by atoms with E-state index in [0.717, 1.165) is 5.56 Å². The fourth-order valence-electron chi connectivity index (χ4n) is 3.21. The van der Waals surface area contributed by atoms with Gasteiger partial charge in [0, 0.05) is 5.56 Å². The van der Waals surface area contributed by atoms with Crippen LogP contribution < -0.4 is 16.6 Å². The lowest BCUT2D eigenvalue weighted by atomic mass is 10.1. The Kier molecular flexibility index (Phi) is 4.83. The Hall–Kier alpha value is -3.93. The van der Waals surface area contributed by atoms with Crippen LogP contribution in [0.2, 0.25) is 0 Å². The summed E-state index contributed by atoms with van der Waals surface area (Å²) in [7, 11) is 0. The first kappa shape index (κ1) is 18.4. The van der Waals surface area contributed by atoms with Gasteiger partial charge in [-0.05, 0) is 48.9 Å². The molecule has 0 saturated carbocycles. The first-order valence-electron chi connectivity index (χ1n) is 9.24. The van der Waals surface area contributed by atoms with Crippen LogP contribution in [-0.2, 0) is 6.54 Å². The van der Waals surface area contributed by atoms with Crippen molar-refractivity contribution >= 4 is 28.2 Å². The minimum absolute atomic E-state index is 0.0746. The highest BCUT2D eigenvalue weighted by Gasteiger charge is 2.10. The van der Waals surface area contributed by atoms with Crippen molar-refractivity contribution in [2.24, 2.45) is 0 Å². The van der Waals surface area contributed by atoms with Gasteiger partial charge in [0.2, 0.25) is 0 Å². The van der Waals surface area contributed by atoms with Gasteiger partial charge in [-0.2, -0.15) is 0 Å². The zero-order valence-corrected chi connectivity index (χ0v) is 15.9. The molecular weight excluding hydrogens is 364 g/mol. The molecule has 4 aromatic rings. The fourth-order valence-corrected chi connectivity index (χ4v) is 3.21. The molecule has 3 aromatic carbocycles. The number of anilines is 2. The maximum absolute atomic E-state index is 12.8. The maximum Gasteiger partial charge on any atom is 0.261 e. The lowest BCUT2D eigenvalue weighted by Crippen LogP contribution is -2.24. The molecule has 6 nitrogen and oxygen atoms in total. The standard InChI is InChI=1S/C23H20N4O2/c1-15-25-20-8-4-2-6-18(20)23(29)27(15)14-16-10-12-17(13-11-16)22(28)26-21-9-5-3-7-19(21)24/h2-13H,14,24H2,1H3,(H,26,28). The normalized spacial score (nSPS) is 10.8. The molecule has 29 heavy (non-hydrogen) atoms. The number of amides is 1. The van der Waals surface area contributed by atoms with Crippen molar-refractivity contribution in [3.05, 3.63) is 100 Å². The monoisotopic (exact) mass is 384 g/mol. The van der Waals surface area contributed by atoms with E-state index in [1.165, 1.54) is 0 Å². The van der Waals surface area contributed by atoms with E-state index >= 15 is 0 Å². The predicted octanol–water partition coefficient (Wildman–Crippen LogP) is 3.59. The SMILES string of the molecule is Cc1nc2ccccc2c(=O)n1Cc1ccc(C(=O)Nc2ccccc2N)cc1. The summed E-state index contributed by atoms with van der Waals surface area (Å²) in [4.78, 5) is 29.8. The van der Waals surface area contributed by atoms with Gasteiger partial charge in [-0.3, -0.25) is 14.2 Å². The Bertz CT molecular complexity index is 1260. The Labute approximate surface area is 167 Å². The number of rotatable bonds is 4. The summed E-state index contributed by atoms with van der Waals surface area (Å²) in [5, 5.41) is 3.40. The fraction of sp³-hybridized carbons (Fsp3) is 0.0870. The number of aryl methyl sites for hydroxylation is 1. The number of hydrogen-bond acceptors (Lipinski definition) is 4. The van der Waals surface area contributed by atoms with Crippen LogP contribution in [0.5, 0.6) is 0 Å². The number of para-hydroxylation sites is 3. The molecule has 0 spiro atoms. The summed E-state index contributed by atoms with van der Waals surface area (Å²) in [6, 6.07) is 21.6. The number of nitrogens with one attached hydrogen (secondary N) is 1. The molecule has 0 aliphatic heterocycles. The van der Waals surface area contributed by atoms with Crippen LogP contribution in [0.1, 0.15) is 21.7 Å². The van der Waals surface area contributed by atoms with Crippen molar-refractivity contribution in [2.75, 3.05) is 11.1 Å². The molecule has 144 valence electrons. The van der Waals surface area contributed by atoms with Crippen LogP contribution in [0.3, 0.4) is 0 Å². The lowest BCUT2D eigenvalue weighted by Gasteiger charge is -2.12. The van der Waals surface area contributed by atoms with Gasteiger partial charge in [-0.1, -0.05) is 36.4 Å². The third-order valence-electron chi connectivity index (χ3n) is 4.82.